The highest BCUT2D eigenvalue weighted by Crippen LogP contribution is 2.32. The largest absolute Gasteiger partial charge is 0.399 e. The first-order valence-corrected chi connectivity index (χ1v) is 13.0. The molecule has 2 rings (SSSR count). The zero-order valence-corrected chi connectivity index (χ0v) is 22.0. The quantitative estimate of drug-likeness (QED) is 0.510. The van der Waals surface area contributed by atoms with Crippen LogP contribution in [0.5, 0.6) is 0 Å². The summed E-state index contributed by atoms with van der Waals surface area (Å²) in [4.78, 5) is 2.36. The van der Waals surface area contributed by atoms with Crippen molar-refractivity contribution in [3.8, 4) is 0 Å². The smallest absolute Gasteiger partial charge is 0.238 e. The molecule has 0 fully saturated rings. The Labute approximate surface area is 196 Å². The predicted molar refractivity (Wildman–Crippen MR) is 138 cm³/mol. The van der Waals surface area contributed by atoms with Gasteiger partial charge in [0.2, 0.25) is 10.0 Å². The highest BCUT2D eigenvalue weighted by Gasteiger charge is 2.16. The Balaban J connectivity index is 0.000000389. The molecule has 0 saturated heterocycles. The molecule has 0 radical (unpaired) electrons. The molecule has 0 aliphatic heterocycles. The van der Waals surface area contributed by atoms with E-state index in [4.69, 9.17) is 10.9 Å². The number of sulfonamides is 1. The molecule has 0 spiro atoms. The summed E-state index contributed by atoms with van der Waals surface area (Å²) in [5, 5.41) is 4.84. The fourth-order valence-corrected chi connectivity index (χ4v) is 4.14. The zero-order chi connectivity index (χ0) is 24.6. The second-order valence-electron chi connectivity index (χ2n) is 9.66. The van der Waals surface area contributed by atoms with Crippen LogP contribution in [0, 0.1) is 0 Å². The van der Waals surface area contributed by atoms with Gasteiger partial charge in [-0.15, -0.1) is 0 Å². The minimum absolute atomic E-state index is 0.0756. The maximum Gasteiger partial charge on any atom is 0.238 e. The molecule has 2 aromatic carbocycles. The fourth-order valence-electron chi connectivity index (χ4n) is 3.62. The topological polar surface area (TPSA) is 89.4 Å². The van der Waals surface area contributed by atoms with Gasteiger partial charge in [0.15, 0.2) is 0 Å². The fraction of sp³-hybridized carbons (Fsp3) is 0.538. The molecule has 0 aliphatic rings. The highest BCUT2D eigenvalue weighted by molar-refractivity contribution is 7.89. The summed E-state index contributed by atoms with van der Waals surface area (Å²) in [5.41, 5.74) is 12.1. The first-order chi connectivity index (χ1) is 14.7. The van der Waals surface area contributed by atoms with Gasteiger partial charge in [-0.25, -0.2) is 13.6 Å². The number of anilines is 1. The summed E-state index contributed by atoms with van der Waals surface area (Å²) in [6, 6.07) is 10.6. The minimum Gasteiger partial charge on any atom is -0.399 e. The molecular weight excluding hydrogens is 418 g/mol. The zero-order valence-electron chi connectivity index (χ0n) is 21.1. The summed E-state index contributed by atoms with van der Waals surface area (Å²) in [5.74, 6) is 1.82. The van der Waals surface area contributed by atoms with Crippen molar-refractivity contribution in [1.29, 1.82) is 0 Å². The van der Waals surface area contributed by atoms with Crippen LogP contribution in [0.15, 0.2) is 41.3 Å². The third-order valence-corrected chi connectivity index (χ3v) is 6.42. The Morgan fingerprint density at radius 3 is 1.66 bits per heavy atom. The van der Waals surface area contributed by atoms with Gasteiger partial charge in [-0.1, -0.05) is 53.7 Å². The van der Waals surface area contributed by atoms with E-state index in [9.17, 15) is 8.42 Å². The van der Waals surface area contributed by atoms with Crippen molar-refractivity contribution in [2.75, 3.05) is 26.4 Å². The predicted octanol–water partition coefficient (Wildman–Crippen LogP) is 5.47. The van der Waals surface area contributed by atoms with Gasteiger partial charge in [0.05, 0.1) is 4.90 Å². The number of hydrogen-bond donors (Lipinski definition) is 2. The van der Waals surface area contributed by atoms with Gasteiger partial charge < -0.3 is 10.6 Å². The lowest BCUT2D eigenvalue weighted by Gasteiger charge is -2.23. The molecule has 0 heterocycles. The maximum absolute atomic E-state index is 10.7. The van der Waals surface area contributed by atoms with Crippen LogP contribution in [0.1, 0.15) is 88.0 Å². The minimum atomic E-state index is -3.58. The van der Waals surface area contributed by atoms with Crippen molar-refractivity contribution >= 4 is 15.7 Å². The molecule has 0 bridgehead atoms. The van der Waals surface area contributed by atoms with Gasteiger partial charge in [-0.3, -0.25) is 0 Å². The Kier molecular flexibility index (Phi) is 10.9. The maximum atomic E-state index is 10.7. The number of nitrogen functional groups attached to an aromatic ring is 1. The van der Waals surface area contributed by atoms with E-state index < -0.39 is 10.0 Å². The molecule has 32 heavy (non-hydrogen) atoms. The summed E-state index contributed by atoms with van der Waals surface area (Å²) in [6.07, 6.45) is 2.45. The van der Waals surface area contributed by atoms with Gasteiger partial charge >= 0.3 is 0 Å². The molecule has 180 valence electrons. The molecule has 5 nitrogen and oxygen atoms in total. The first-order valence-electron chi connectivity index (χ1n) is 11.4. The Bertz CT molecular complexity index is 919. The SMILES string of the molecule is CC(C)c1cc(C(C)C)c(CCCN(C)C)c(C(C)C)c1.Nc1ccc(S(N)(=O)=O)cc1. The van der Waals surface area contributed by atoms with E-state index in [0.29, 0.717) is 23.4 Å². The van der Waals surface area contributed by atoms with Crippen LogP contribution in [-0.2, 0) is 16.4 Å². The molecular formula is C26H43N3O2S. The monoisotopic (exact) mass is 461 g/mol. The van der Waals surface area contributed by atoms with E-state index >= 15 is 0 Å². The van der Waals surface area contributed by atoms with Gasteiger partial charge in [0, 0.05) is 5.69 Å². The van der Waals surface area contributed by atoms with E-state index in [1.807, 2.05) is 0 Å². The van der Waals surface area contributed by atoms with Gasteiger partial charge in [-0.05, 0) is 97.8 Å². The third-order valence-electron chi connectivity index (χ3n) is 5.49. The lowest BCUT2D eigenvalue weighted by atomic mass is 9.83. The van der Waals surface area contributed by atoms with Crippen LogP contribution in [0.2, 0.25) is 0 Å². The van der Waals surface area contributed by atoms with Crippen LogP contribution >= 0.6 is 0 Å². The molecule has 4 N–H and O–H groups in total. The molecule has 0 aliphatic carbocycles. The van der Waals surface area contributed by atoms with Gasteiger partial charge in [0.1, 0.15) is 0 Å². The lowest BCUT2D eigenvalue weighted by Crippen LogP contribution is -2.15. The van der Waals surface area contributed by atoms with E-state index in [0.717, 1.165) is 0 Å². The van der Waals surface area contributed by atoms with Crippen LogP contribution in [0.25, 0.3) is 0 Å². The standard InChI is InChI=1S/C20H35N.C6H8N2O2S/c1-14(2)17-12-19(15(3)4)18(10-9-11-21(7)8)20(13-17)16(5)6;7-5-1-3-6(4-2-5)11(8,9)10/h12-16H,9-11H2,1-8H3;1-4H,7H2,(H2,8,9,10). The Hall–Kier alpha value is -1.89. The summed E-state index contributed by atoms with van der Waals surface area (Å²) < 4.78 is 21.4. The molecule has 0 saturated carbocycles. The van der Waals surface area contributed by atoms with Crippen molar-refractivity contribution in [3.63, 3.8) is 0 Å². The van der Waals surface area contributed by atoms with Gasteiger partial charge in [0.25, 0.3) is 0 Å². The molecule has 0 unspecified atom stereocenters. The number of nitrogens with zero attached hydrogens (tertiary/aromatic N) is 1. The number of primary sulfonamides is 1. The number of nitrogens with two attached hydrogens (primary N) is 2. The van der Waals surface area contributed by atoms with Crippen LogP contribution in [0.3, 0.4) is 0 Å². The van der Waals surface area contributed by atoms with Crippen LogP contribution < -0.4 is 10.9 Å². The third kappa shape index (κ3) is 8.93. The van der Waals surface area contributed by atoms with Crippen molar-refractivity contribution in [2.24, 2.45) is 5.14 Å². The molecule has 0 atom stereocenters. The van der Waals surface area contributed by atoms with E-state index in [1.54, 1.807) is 16.7 Å². The molecule has 0 aromatic heterocycles. The van der Waals surface area contributed by atoms with E-state index in [2.05, 4.69) is 72.7 Å². The van der Waals surface area contributed by atoms with E-state index in [-0.39, 0.29) is 4.90 Å². The first kappa shape index (κ1) is 28.1. The van der Waals surface area contributed by atoms with Crippen molar-refractivity contribution in [1.82, 2.24) is 4.90 Å². The summed E-state index contributed by atoms with van der Waals surface area (Å²) in [7, 11) is 0.747. The van der Waals surface area contributed by atoms with Crippen LogP contribution in [0.4, 0.5) is 5.69 Å². The van der Waals surface area contributed by atoms with Crippen molar-refractivity contribution < 1.29 is 8.42 Å². The lowest BCUT2D eigenvalue weighted by molar-refractivity contribution is 0.399. The normalized spacial score (nSPS) is 11.9. The number of benzene rings is 2. The van der Waals surface area contributed by atoms with Crippen molar-refractivity contribution in [2.45, 2.75) is 77.0 Å². The van der Waals surface area contributed by atoms with Crippen LogP contribution in [-0.4, -0.2) is 34.0 Å². The molecule has 0 amide bonds. The van der Waals surface area contributed by atoms with Gasteiger partial charge in [-0.2, -0.15) is 0 Å². The molecule has 6 heteroatoms. The molecule has 2 aromatic rings. The Morgan fingerprint density at radius 1 is 0.844 bits per heavy atom. The summed E-state index contributed by atoms with van der Waals surface area (Å²) >= 11 is 0. The van der Waals surface area contributed by atoms with Crippen molar-refractivity contribution in [3.05, 3.63) is 58.7 Å². The average Bonchev–Trinajstić information content (AvgIpc) is 2.67. The van der Waals surface area contributed by atoms with E-state index in [1.165, 1.54) is 49.2 Å². The summed E-state index contributed by atoms with van der Waals surface area (Å²) in [6.45, 7) is 15.1. The second kappa shape index (κ2) is 12.4. The Morgan fingerprint density at radius 2 is 1.31 bits per heavy atom. The average molecular weight is 462 g/mol. The highest BCUT2D eigenvalue weighted by atomic mass is 32.2. The number of rotatable bonds is 8. The number of hydrogen-bond acceptors (Lipinski definition) is 4. The second-order valence-corrected chi connectivity index (χ2v) is 11.2.